The largest absolute Gasteiger partial charge is 0.493 e. The summed E-state index contributed by atoms with van der Waals surface area (Å²) in [6.45, 7) is 6.69. The number of benzene rings is 2. The van der Waals surface area contributed by atoms with Gasteiger partial charge in [-0.15, -0.1) is 0 Å². The van der Waals surface area contributed by atoms with Crippen LogP contribution in [0.5, 0.6) is 5.75 Å². The van der Waals surface area contributed by atoms with Crippen LogP contribution < -0.4 is 10.3 Å². The molecule has 1 aliphatic rings. The number of aromatic nitrogens is 1. The van der Waals surface area contributed by atoms with E-state index in [-0.39, 0.29) is 5.56 Å². The van der Waals surface area contributed by atoms with Gasteiger partial charge in [-0.2, -0.15) is 5.26 Å². The number of hydrogen-bond acceptors (Lipinski definition) is 3. The van der Waals surface area contributed by atoms with E-state index in [0.29, 0.717) is 13.0 Å². The van der Waals surface area contributed by atoms with Crippen molar-refractivity contribution in [3.8, 4) is 11.8 Å². The molecule has 3 aromatic rings. The molecule has 28 heavy (non-hydrogen) atoms. The van der Waals surface area contributed by atoms with Gasteiger partial charge < -0.3 is 9.72 Å². The molecule has 2 atom stereocenters. The van der Waals surface area contributed by atoms with Gasteiger partial charge in [-0.3, -0.25) is 4.79 Å². The summed E-state index contributed by atoms with van der Waals surface area (Å²) in [4.78, 5) is 15.3. The van der Waals surface area contributed by atoms with Gasteiger partial charge in [0.25, 0.3) is 5.56 Å². The molecule has 2 heterocycles. The van der Waals surface area contributed by atoms with Crippen LogP contribution in [0.15, 0.2) is 53.3 Å². The molecular weight excluding hydrogens is 348 g/mol. The van der Waals surface area contributed by atoms with E-state index in [1.165, 1.54) is 0 Å². The third-order valence-electron chi connectivity index (χ3n) is 6.55. The molecule has 0 spiro atoms. The van der Waals surface area contributed by atoms with Gasteiger partial charge in [0.15, 0.2) is 0 Å². The van der Waals surface area contributed by atoms with E-state index in [1.807, 2.05) is 56.3 Å². The van der Waals surface area contributed by atoms with E-state index < -0.39 is 10.8 Å². The summed E-state index contributed by atoms with van der Waals surface area (Å²) >= 11 is 0. The highest BCUT2D eigenvalue weighted by atomic mass is 16.5. The van der Waals surface area contributed by atoms with Crippen molar-refractivity contribution in [2.24, 2.45) is 0 Å². The lowest BCUT2D eigenvalue weighted by atomic mass is 9.57. The Balaban J connectivity index is 1.91. The normalized spacial score (nSPS) is 20.6. The number of para-hydroxylation sites is 1. The Bertz CT molecular complexity index is 1160. The van der Waals surface area contributed by atoms with Gasteiger partial charge in [0.05, 0.1) is 18.1 Å². The molecule has 142 valence electrons. The highest BCUT2D eigenvalue weighted by molar-refractivity contribution is 5.80. The highest BCUT2D eigenvalue weighted by Gasteiger charge is 2.50. The Labute approximate surface area is 164 Å². The number of aryl methyl sites for hydroxylation is 1. The van der Waals surface area contributed by atoms with E-state index in [2.05, 4.69) is 24.0 Å². The standard InChI is InChI=1S/C24H24N2O2/c1-4-16-13-17-9-10-18(14-20(17)26-22(16)27)24(3,15-25)23(2)11-12-28-21-8-6-5-7-19(21)23/h5-10,13-14H,4,11-12H2,1-3H3,(H,26,27)/t23?,24-/m1/s1. The number of nitrogens with zero attached hydrogens (tertiary/aromatic N) is 1. The molecule has 0 radical (unpaired) electrons. The fourth-order valence-corrected chi connectivity index (χ4v) is 4.39. The van der Waals surface area contributed by atoms with Crippen molar-refractivity contribution in [1.82, 2.24) is 4.98 Å². The first-order valence-electron chi connectivity index (χ1n) is 9.73. The zero-order valence-corrected chi connectivity index (χ0v) is 16.5. The zero-order chi connectivity index (χ0) is 19.9. The topological polar surface area (TPSA) is 65.9 Å². The molecule has 4 heteroatoms. The number of fused-ring (bicyclic) bond motifs is 2. The first kappa shape index (κ1) is 18.3. The third-order valence-corrected chi connectivity index (χ3v) is 6.55. The number of aromatic amines is 1. The van der Waals surface area contributed by atoms with Gasteiger partial charge in [-0.05, 0) is 48.9 Å². The summed E-state index contributed by atoms with van der Waals surface area (Å²) in [6.07, 6.45) is 1.44. The second-order valence-corrected chi connectivity index (χ2v) is 7.94. The quantitative estimate of drug-likeness (QED) is 0.730. The zero-order valence-electron chi connectivity index (χ0n) is 16.5. The minimum atomic E-state index is -0.776. The van der Waals surface area contributed by atoms with Crippen LogP contribution in [0.4, 0.5) is 0 Å². The summed E-state index contributed by atoms with van der Waals surface area (Å²) < 4.78 is 5.85. The number of H-pyrrole nitrogens is 1. The predicted octanol–water partition coefficient (Wildman–Crippen LogP) is 4.61. The minimum Gasteiger partial charge on any atom is -0.493 e. The van der Waals surface area contributed by atoms with Gasteiger partial charge in [-0.1, -0.05) is 44.2 Å². The van der Waals surface area contributed by atoms with Gasteiger partial charge >= 0.3 is 0 Å². The van der Waals surface area contributed by atoms with E-state index in [1.54, 1.807) is 0 Å². The Morgan fingerprint density at radius 2 is 2.04 bits per heavy atom. The minimum absolute atomic E-state index is 0.0616. The average Bonchev–Trinajstić information content (AvgIpc) is 2.72. The third kappa shape index (κ3) is 2.54. The number of ether oxygens (including phenoxy) is 1. The molecule has 1 aromatic heterocycles. The molecule has 2 aromatic carbocycles. The van der Waals surface area contributed by atoms with Crippen LogP contribution in [0.2, 0.25) is 0 Å². The second kappa shape index (κ2) is 6.53. The van der Waals surface area contributed by atoms with Crippen molar-refractivity contribution in [2.75, 3.05) is 6.61 Å². The van der Waals surface area contributed by atoms with Crippen LogP contribution in [-0.4, -0.2) is 11.6 Å². The van der Waals surface area contributed by atoms with E-state index in [0.717, 1.165) is 39.8 Å². The Morgan fingerprint density at radius 3 is 2.79 bits per heavy atom. The molecule has 0 saturated heterocycles. The fraction of sp³-hybridized carbons (Fsp3) is 0.333. The molecule has 4 nitrogen and oxygen atoms in total. The highest BCUT2D eigenvalue weighted by Crippen LogP contribution is 2.51. The molecule has 1 aliphatic heterocycles. The average molecular weight is 372 g/mol. The monoisotopic (exact) mass is 372 g/mol. The van der Waals surface area contributed by atoms with E-state index in [9.17, 15) is 10.1 Å². The van der Waals surface area contributed by atoms with Crippen LogP contribution in [0.3, 0.4) is 0 Å². The smallest absolute Gasteiger partial charge is 0.251 e. The molecular formula is C24H24N2O2. The molecule has 0 saturated carbocycles. The van der Waals surface area contributed by atoms with Crippen molar-refractivity contribution >= 4 is 10.9 Å². The summed E-state index contributed by atoms with van der Waals surface area (Å²) in [7, 11) is 0. The lowest BCUT2D eigenvalue weighted by Gasteiger charge is -2.45. The molecule has 4 rings (SSSR count). The first-order valence-corrected chi connectivity index (χ1v) is 9.73. The van der Waals surface area contributed by atoms with Crippen LogP contribution in [0, 0.1) is 11.3 Å². The molecule has 0 fully saturated rings. The summed E-state index contributed by atoms with van der Waals surface area (Å²) in [6, 6.07) is 18.5. The van der Waals surface area contributed by atoms with Crippen molar-refractivity contribution in [2.45, 2.75) is 44.4 Å². The lowest BCUT2D eigenvalue weighted by Crippen LogP contribution is -2.47. The molecule has 1 unspecified atom stereocenters. The number of rotatable bonds is 3. The van der Waals surface area contributed by atoms with Crippen LogP contribution in [0.25, 0.3) is 10.9 Å². The van der Waals surface area contributed by atoms with Gasteiger partial charge in [-0.25, -0.2) is 0 Å². The van der Waals surface area contributed by atoms with Crippen LogP contribution in [-0.2, 0) is 17.3 Å². The summed E-state index contributed by atoms with van der Waals surface area (Å²) in [5.41, 5.74) is 2.25. The summed E-state index contributed by atoms with van der Waals surface area (Å²) in [5, 5.41) is 11.3. The van der Waals surface area contributed by atoms with Crippen molar-refractivity contribution in [3.05, 3.63) is 75.6 Å². The van der Waals surface area contributed by atoms with Crippen molar-refractivity contribution < 1.29 is 4.74 Å². The SMILES string of the molecule is CCc1cc2ccc([C@@](C)(C#N)C3(C)CCOc4ccccc43)cc2[nH]c1=O. The lowest BCUT2D eigenvalue weighted by molar-refractivity contribution is 0.181. The molecule has 0 aliphatic carbocycles. The maximum absolute atomic E-state index is 12.3. The van der Waals surface area contributed by atoms with Gasteiger partial charge in [0.2, 0.25) is 0 Å². The van der Waals surface area contributed by atoms with Crippen LogP contribution >= 0.6 is 0 Å². The Morgan fingerprint density at radius 1 is 1.25 bits per heavy atom. The first-order chi connectivity index (χ1) is 13.4. The second-order valence-electron chi connectivity index (χ2n) is 7.94. The maximum atomic E-state index is 12.3. The van der Waals surface area contributed by atoms with E-state index in [4.69, 9.17) is 4.74 Å². The maximum Gasteiger partial charge on any atom is 0.251 e. The number of nitriles is 1. The van der Waals surface area contributed by atoms with Crippen molar-refractivity contribution in [1.29, 1.82) is 5.26 Å². The number of hydrogen-bond donors (Lipinski definition) is 1. The van der Waals surface area contributed by atoms with Crippen molar-refractivity contribution in [3.63, 3.8) is 0 Å². The molecule has 0 amide bonds. The number of nitrogens with one attached hydrogen (secondary N) is 1. The molecule has 1 N–H and O–H groups in total. The number of pyridine rings is 1. The summed E-state index contributed by atoms with van der Waals surface area (Å²) in [5.74, 6) is 0.847. The van der Waals surface area contributed by atoms with Gasteiger partial charge in [0, 0.05) is 22.1 Å². The van der Waals surface area contributed by atoms with Crippen LogP contribution in [0.1, 0.15) is 43.9 Å². The fourth-order valence-electron chi connectivity index (χ4n) is 4.39. The Hall–Kier alpha value is -3.06. The van der Waals surface area contributed by atoms with E-state index >= 15 is 0 Å². The predicted molar refractivity (Wildman–Crippen MR) is 111 cm³/mol. The Kier molecular flexibility index (Phi) is 4.27. The molecule has 0 bridgehead atoms. The van der Waals surface area contributed by atoms with Gasteiger partial charge in [0.1, 0.15) is 5.75 Å².